The Bertz CT molecular complexity index is 734. The number of hydrogen-bond donors (Lipinski definition) is 0. The Morgan fingerprint density at radius 1 is 1.28 bits per heavy atom. The Morgan fingerprint density at radius 2 is 2.08 bits per heavy atom. The van der Waals surface area contributed by atoms with E-state index in [1.807, 2.05) is 17.0 Å². The van der Waals surface area contributed by atoms with Crippen LogP contribution in [0.15, 0.2) is 35.1 Å². The molecular formula is C20H24N2O3. The third kappa shape index (κ3) is 3.70. The van der Waals surface area contributed by atoms with E-state index in [-0.39, 0.29) is 5.91 Å². The highest BCUT2D eigenvalue weighted by molar-refractivity contribution is 5.93. The molecule has 1 amide bonds. The molecule has 2 aromatic rings. The highest BCUT2D eigenvalue weighted by Gasteiger charge is 2.35. The summed E-state index contributed by atoms with van der Waals surface area (Å²) in [5, 5.41) is 0. The number of carbonyl (C=O) groups excluding carboxylic acids is 1. The maximum atomic E-state index is 12.8. The molecule has 1 unspecified atom stereocenters. The fraction of sp³-hybridized carbons (Fsp3) is 0.500. The van der Waals surface area contributed by atoms with Crippen LogP contribution in [0.1, 0.15) is 53.4 Å². The molecule has 5 heteroatoms. The van der Waals surface area contributed by atoms with E-state index in [4.69, 9.17) is 9.15 Å². The van der Waals surface area contributed by atoms with Gasteiger partial charge in [-0.3, -0.25) is 4.79 Å². The number of aromatic nitrogens is 1. The second kappa shape index (κ2) is 6.90. The van der Waals surface area contributed by atoms with Gasteiger partial charge in [-0.25, -0.2) is 4.98 Å². The van der Waals surface area contributed by atoms with E-state index in [1.54, 1.807) is 0 Å². The van der Waals surface area contributed by atoms with Crippen LogP contribution in [0.2, 0.25) is 0 Å². The first-order valence-electron chi connectivity index (χ1n) is 9.13. The van der Waals surface area contributed by atoms with Gasteiger partial charge in [0.2, 0.25) is 0 Å². The zero-order chi connectivity index (χ0) is 17.2. The summed E-state index contributed by atoms with van der Waals surface area (Å²) in [6.45, 7) is 4.22. The summed E-state index contributed by atoms with van der Waals surface area (Å²) in [6, 6.07) is 8.10. The number of oxazole rings is 1. The smallest absolute Gasteiger partial charge is 0.276 e. The molecule has 5 nitrogen and oxygen atoms in total. The molecule has 1 aromatic carbocycles. The van der Waals surface area contributed by atoms with Gasteiger partial charge in [-0.05, 0) is 44.7 Å². The Labute approximate surface area is 148 Å². The number of rotatable bonds is 5. The number of likely N-dealkylation sites (tertiary alicyclic amines) is 1. The molecule has 1 aromatic heterocycles. The maximum absolute atomic E-state index is 12.8. The summed E-state index contributed by atoms with van der Waals surface area (Å²) in [6.07, 6.45) is 5.70. The normalized spacial score (nSPS) is 20.5. The monoisotopic (exact) mass is 340 g/mol. The number of carbonyl (C=O) groups is 1. The maximum Gasteiger partial charge on any atom is 0.276 e. The van der Waals surface area contributed by atoms with Gasteiger partial charge < -0.3 is 14.1 Å². The lowest BCUT2D eigenvalue weighted by atomic mass is 9.98. The zero-order valence-electron chi connectivity index (χ0n) is 14.6. The molecule has 0 N–H and O–H groups in total. The fourth-order valence-electron chi connectivity index (χ4n) is 3.43. The third-order valence-corrected chi connectivity index (χ3v) is 5.06. The predicted molar refractivity (Wildman–Crippen MR) is 93.8 cm³/mol. The van der Waals surface area contributed by atoms with Gasteiger partial charge in [0.1, 0.15) is 11.5 Å². The molecule has 1 aliphatic carbocycles. The molecule has 0 bridgehead atoms. The molecule has 2 heterocycles. The summed E-state index contributed by atoms with van der Waals surface area (Å²) in [4.78, 5) is 18.9. The topological polar surface area (TPSA) is 55.6 Å². The van der Waals surface area contributed by atoms with Crippen molar-refractivity contribution in [2.45, 2.75) is 38.5 Å². The van der Waals surface area contributed by atoms with Crippen LogP contribution in [0.4, 0.5) is 0 Å². The molecule has 0 spiro atoms. The van der Waals surface area contributed by atoms with Crippen molar-refractivity contribution in [1.82, 2.24) is 9.88 Å². The van der Waals surface area contributed by atoms with Gasteiger partial charge in [0.15, 0.2) is 12.1 Å². The summed E-state index contributed by atoms with van der Waals surface area (Å²) in [7, 11) is 0. The first kappa shape index (κ1) is 16.2. The van der Waals surface area contributed by atoms with Crippen molar-refractivity contribution in [3.8, 4) is 5.75 Å². The molecule has 1 atom stereocenters. The Kier molecular flexibility index (Phi) is 4.47. The minimum atomic E-state index is 0.00989. The number of benzene rings is 1. The van der Waals surface area contributed by atoms with Crippen LogP contribution in [0.25, 0.3) is 0 Å². The van der Waals surface area contributed by atoms with E-state index in [0.717, 1.165) is 50.3 Å². The largest absolute Gasteiger partial charge is 0.493 e. The second-order valence-electron chi connectivity index (χ2n) is 7.22. The molecule has 2 aliphatic rings. The van der Waals surface area contributed by atoms with Crippen LogP contribution < -0.4 is 4.74 Å². The van der Waals surface area contributed by atoms with Gasteiger partial charge in [0, 0.05) is 24.9 Å². The number of nitrogens with zero attached hydrogens (tertiary/aromatic N) is 2. The molecule has 1 saturated carbocycles. The number of hydrogen-bond acceptors (Lipinski definition) is 4. The second-order valence-corrected chi connectivity index (χ2v) is 7.22. The van der Waals surface area contributed by atoms with Crippen molar-refractivity contribution in [3.05, 3.63) is 47.7 Å². The van der Waals surface area contributed by atoms with Gasteiger partial charge in [0.25, 0.3) is 5.91 Å². The lowest BCUT2D eigenvalue weighted by Crippen LogP contribution is -2.42. The molecule has 132 valence electrons. The van der Waals surface area contributed by atoms with E-state index in [9.17, 15) is 4.79 Å². The van der Waals surface area contributed by atoms with Gasteiger partial charge in [0.05, 0.1) is 6.61 Å². The average Bonchev–Trinajstić information content (AvgIpc) is 3.37. The molecule has 1 saturated heterocycles. The van der Waals surface area contributed by atoms with Gasteiger partial charge in [-0.2, -0.15) is 0 Å². The average molecular weight is 340 g/mol. The highest BCUT2D eigenvalue weighted by Crippen LogP contribution is 2.41. The van der Waals surface area contributed by atoms with Crippen molar-refractivity contribution in [1.29, 1.82) is 0 Å². The first-order chi connectivity index (χ1) is 12.2. The van der Waals surface area contributed by atoms with Gasteiger partial charge >= 0.3 is 0 Å². The number of piperidine rings is 1. The number of amides is 1. The van der Waals surface area contributed by atoms with E-state index in [1.165, 1.54) is 12.0 Å². The lowest BCUT2D eigenvalue weighted by Gasteiger charge is -2.32. The quantitative estimate of drug-likeness (QED) is 0.831. The van der Waals surface area contributed by atoms with Crippen LogP contribution in [-0.2, 0) is 0 Å². The summed E-state index contributed by atoms with van der Waals surface area (Å²) in [5.74, 6) is 2.43. The highest BCUT2D eigenvalue weighted by atomic mass is 16.5. The Hall–Kier alpha value is -2.30. The predicted octanol–water partition coefficient (Wildman–Crippen LogP) is 3.79. The molecule has 4 rings (SSSR count). The van der Waals surface area contributed by atoms with Gasteiger partial charge in [-0.1, -0.05) is 17.7 Å². The molecule has 2 fully saturated rings. The number of aryl methyl sites for hydroxylation is 1. The SMILES string of the molecule is Cc1ccc(OCC2CCCN(C(=O)c3ncoc3C3CC3)C2)cc1. The van der Waals surface area contributed by atoms with Crippen LogP contribution in [0.5, 0.6) is 5.75 Å². The fourth-order valence-corrected chi connectivity index (χ4v) is 3.43. The van der Waals surface area contributed by atoms with E-state index in [2.05, 4.69) is 24.0 Å². The summed E-state index contributed by atoms with van der Waals surface area (Å²) < 4.78 is 11.4. The third-order valence-electron chi connectivity index (χ3n) is 5.06. The Morgan fingerprint density at radius 3 is 2.84 bits per heavy atom. The van der Waals surface area contributed by atoms with Gasteiger partial charge in [-0.15, -0.1) is 0 Å². The minimum Gasteiger partial charge on any atom is -0.493 e. The minimum absolute atomic E-state index is 0.00989. The van der Waals surface area contributed by atoms with Crippen molar-refractivity contribution < 1.29 is 13.9 Å². The summed E-state index contributed by atoms with van der Waals surface area (Å²) >= 11 is 0. The number of ether oxygens (including phenoxy) is 1. The van der Waals surface area contributed by atoms with Crippen LogP contribution in [-0.4, -0.2) is 35.5 Å². The van der Waals surface area contributed by atoms with Crippen LogP contribution >= 0.6 is 0 Å². The van der Waals surface area contributed by atoms with Crippen LogP contribution in [0.3, 0.4) is 0 Å². The molecule has 25 heavy (non-hydrogen) atoms. The van der Waals surface area contributed by atoms with Crippen molar-refractivity contribution in [2.75, 3.05) is 19.7 Å². The molecule has 1 aliphatic heterocycles. The first-order valence-corrected chi connectivity index (χ1v) is 9.13. The molecule has 0 radical (unpaired) electrons. The van der Waals surface area contributed by atoms with Crippen LogP contribution in [0, 0.1) is 12.8 Å². The Balaban J connectivity index is 1.36. The van der Waals surface area contributed by atoms with Crippen molar-refractivity contribution in [2.24, 2.45) is 5.92 Å². The summed E-state index contributed by atoms with van der Waals surface area (Å²) in [5.41, 5.74) is 1.74. The van der Waals surface area contributed by atoms with E-state index in [0.29, 0.717) is 24.1 Å². The van der Waals surface area contributed by atoms with Crippen molar-refractivity contribution >= 4 is 5.91 Å². The molecular weight excluding hydrogens is 316 g/mol. The lowest BCUT2D eigenvalue weighted by molar-refractivity contribution is 0.0626. The van der Waals surface area contributed by atoms with E-state index < -0.39 is 0 Å². The van der Waals surface area contributed by atoms with E-state index >= 15 is 0 Å². The zero-order valence-corrected chi connectivity index (χ0v) is 14.6. The standard InChI is InChI=1S/C20H24N2O3/c1-14-4-8-17(9-5-14)24-12-15-3-2-10-22(11-15)20(23)18-19(16-6-7-16)25-13-21-18/h4-5,8-9,13,15-16H,2-3,6-7,10-12H2,1H3. The van der Waals surface area contributed by atoms with Crippen molar-refractivity contribution in [3.63, 3.8) is 0 Å².